The van der Waals surface area contributed by atoms with Gasteiger partial charge in [0.25, 0.3) is 5.91 Å². The van der Waals surface area contributed by atoms with Gasteiger partial charge < -0.3 is 9.73 Å². The summed E-state index contributed by atoms with van der Waals surface area (Å²) >= 11 is 14.8. The van der Waals surface area contributed by atoms with Gasteiger partial charge in [0.15, 0.2) is 10.4 Å². The number of carbonyl (C=O) groups excluding carboxylic acids is 1. The average molecular weight is 335 g/mol. The highest BCUT2D eigenvalue weighted by Crippen LogP contribution is 2.26. The van der Waals surface area contributed by atoms with E-state index in [0.717, 1.165) is 0 Å². The Morgan fingerprint density at radius 2 is 2.00 bits per heavy atom. The number of amides is 1. The highest BCUT2D eigenvalue weighted by atomic mass is 79.9. The number of rotatable bonds is 2. The Balaban J connectivity index is 2.21. The van der Waals surface area contributed by atoms with Crippen LogP contribution in [-0.2, 0) is 0 Å². The van der Waals surface area contributed by atoms with Crippen molar-refractivity contribution in [3.8, 4) is 0 Å². The zero-order valence-corrected chi connectivity index (χ0v) is 11.4. The highest BCUT2D eigenvalue weighted by molar-refractivity contribution is 9.10. The minimum Gasteiger partial charge on any atom is -0.444 e. The van der Waals surface area contributed by atoms with Gasteiger partial charge in [-0.2, -0.15) is 0 Å². The fraction of sp³-hybridized carbons (Fsp3) is 0. The number of hydrogen-bond donors (Lipinski definition) is 1. The van der Waals surface area contributed by atoms with Gasteiger partial charge in [-0.15, -0.1) is 0 Å². The molecule has 1 heterocycles. The summed E-state index contributed by atoms with van der Waals surface area (Å²) in [4.78, 5) is 11.8. The topological polar surface area (TPSA) is 42.2 Å². The lowest BCUT2D eigenvalue weighted by molar-refractivity contribution is 0.0995. The Morgan fingerprint density at radius 1 is 1.24 bits per heavy atom. The van der Waals surface area contributed by atoms with Crippen molar-refractivity contribution in [2.75, 3.05) is 5.32 Å². The maximum Gasteiger partial charge on any atom is 0.291 e. The van der Waals surface area contributed by atoms with E-state index in [1.54, 1.807) is 30.3 Å². The van der Waals surface area contributed by atoms with Crippen molar-refractivity contribution in [1.29, 1.82) is 0 Å². The number of anilines is 1. The molecule has 6 heteroatoms. The number of benzene rings is 1. The number of carbonyl (C=O) groups is 1. The van der Waals surface area contributed by atoms with E-state index >= 15 is 0 Å². The van der Waals surface area contributed by atoms with E-state index < -0.39 is 0 Å². The number of hydrogen-bond acceptors (Lipinski definition) is 2. The first-order valence-corrected chi connectivity index (χ1v) is 6.13. The van der Waals surface area contributed by atoms with Crippen molar-refractivity contribution in [2.24, 2.45) is 0 Å². The van der Waals surface area contributed by atoms with E-state index in [0.29, 0.717) is 20.4 Å². The van der Waals surface area contributed by atoms with Gasteiger partial charge in [0, 0.05) is 5.02 Å². The molecule has 0 bridgehead atoms. The summed E-state index contributed by atoms with van der Waals surface area (Å²) in [6, 6.07) is 8.01. The summed E-state index contributed by atoms with van der Waals surface area (Å²) in [7, 11) is 0. The minimum absolute atomic E-state index is 0.188. The van der Waals surface area contributed by atoms with Gasteiger partial charge in [0.1, 0.15) is 0 Å². The number of halogens is 3. The first-order chi connectivity index (χ1) is 8.06. The Hall–Kier alpha value is -0.970. The van der Waals surface area contributed by atoms with Crippen LogP contribution in [0.25, 0.3) is 0 Å². The lowest BCUT2D eigenvalue weighted by atomic mass is 10.3. The molecule has 0 fully saturated rings. The van der Waals surface area contributed by atoms with Crippen LogP contribution in [0.2, 0.25) is 10.0 Å². The molecule has 88 valence electrons. The molecule has 0 unspecified atom stereocenters. The molecular formula is C11H6BrCl2NO2. The first-order valence-electron chi connectivity index (χ1n) is 4.58. The lowest BCUT2D eigenvalue weighted by Gasteiger charge is -2.05. The van der Waals surface area contributed by atoms with Crippen molar-refractivity contribution < 1.29 is 9.21 Å². The summed E-state index contributed by atoms with van der Waals surface area (Å²) in [5, 5.41) is 3.51. The predicted molar refractivity (Wildman–Crippen MR) is 70.8 cm³/mol. The predicted octanol–water partition coefficient (Wildman–Crippen LogP) is 4.60. The largest absolute Gasteiger partial charge is 0.444 e. The molecule has 1 N–H and O–H groups in total. The summed E-state index contributed by atoms with van der Waals surface area (Å²) in [6.45, 7) is 0. The third-order valence-corrected chi connectivity index (χ3v) is 2.96. The lowest BCUT2D eigenvalue weighted by Crippen LogP contribution is -2.11. The maximum absolute atomic E-state index is 11.8. The van der Waals surface area contributed by atoms with E-state index in [1.165, 1.54) is 0 Å². The zero-order valence-electron chi connectivity index (χ0n) is 8.34. The Morgan fingerprint density at radius 3 is 2.65 bits per heavy atom. The van der Waals surface area contributed by atoms with Gasteiger partial charge >= 0.3 is 0 Å². The van der Waals surface area contributed by atoms with E-state index in [-0.39, 0.29) is 11.7 Å². The Labute approximate surface area is 116 Å². The van der Waals surface area contributed by atoms with Gasteiger partial charge in [-0.1, -0.05) is 23.2 Å². The molecule has 1 amide bonds. The van der Waals surface area contributed by atoms with Crippen LogP contribution in [0.3, 0.4) is 0 Å². The number of furan rings is 1. The molecule has 17 heavy (non-hydrogen) atoms. The molecule has 1 aromatic heterocycles. The molecule has 2 aromatic rings. The zero-order chi connectivity index (χ0) is 12.4. The van der Waals surface area contributed by atoms with Gasteiger partial charge in [-0.25, -0.2) is 0 Å². The van der Waals surface area contributed by atoms with Crippen LogP contribution in [0.15, 0.2) is 39.4 Å². The second-order valence-electron chi connectivity index (χ2n) is 3.18. The van der Waals surface area contributed by atoms with Crippen LogP contribution in [-0.4, -0.2) is 5.91 Å². The smallest absolute Gasteiger partial charge is 0.291 e. The standard InChI is InChI=1S/C11H6BrCl2NO2/c12-10-4-3-9(17-10)11(16)15-8-5-6(13)1-2-7(8)14/h1-5H,(H,15,16). The number of nitrogens with one attached hydrogen (secondary N) is 1. The van der Waals surface area contributed by atoms with E-state index in [2.05, 4.69) is 21.2 Å². The third-order valence-electron chi connectivity index (χ3n) is 1.97. The molecule has 1 aromatic carbocycles. The van der Waals surface area contributed by atoms with Crippen molar-refractivity contribution in [2.45, 2.75) is 0 Å². The molecule has 0 saturated heterocycles. The van der Waals surface area contributed by atoms with Crippen molar-refractivity contribution in [3.63, 3.8) is 0 Å². The van der Waals surface area contributed by atoms with Crippen molar-refractivity contribution >= 4 is 50.7 Å². The summed E-state index contributed by atoms with van der Waals surface area (Å²) in [6.07, 6.45) is 0. The van der Waals surface area contributed by atoms with Crippen molar-refractivity contribution in [3.05, 3.63) is 50.8 Å². The fourth-order valence-corrected chi connectivity index (χ4v) is 1.86. The second kappa shape index (κ2) is 5.12. The average Bonchev–Trinajstić information content (AvgIpc) is 2.70. The summed E-state index contributed by atoms with van der Waals surface area (Å²) in [5.74, 6) is -0.201. The third kappa shape index (κ3) is 3.03. The molecule has 2 rings (SSSR count). The van der Waals surface area contributed by atoms with E-state index in [4.69, 9.17) is 27.6 Å². The first kappa shape index (κ1) is 12.5. The highest BCUT2D eigenvalue weighted by Gasteiger charge is 2.12. The molecule has 0 aliphatic carbocycles. The van der Waals surface area contributed by atoms with Gasteiger partial charge in [-0.05, 0) is 46.3 Å². The SMILES string of the molecule is O=C(Nc1cc(Cl)ccc1Cl)c1ccc(Br)o1. The van der Waals surface area contributed by atoms with Crippen molar-refractivity contribution in [1.82, 2.24) is 0 Å². The molecule has 3 nitrogen and oxygen atoms in total. The van der Waals surface area contributed by atoms with Crippen LogP contribution >= 0.6 is 39.1 Å². The minimum atomic E-state index is -0.389. The van der Waals surface area contributed by atoms with Gasteiger partial charge in [-0.3, -0.25) is 4.79 Å². The Kier molecular flexibility index (Phi) is 3.76. The van der Waals surface area contributed by atoms with Crippen LogP contribution < -0.4 is 5.32 Å². The molecular weight excluding hydrogens is 329 g/mol. The van der Waals surface area contributed by atoms with Gasteiger partial charge in [0.2, 0.25) is 0 Å². The normalized spacial score (nSPS) is 10.3. The van der Waals surface area contributed by atoms with Crippen LogP contribution in [0.4, 0.5) is 5.69 Å². The Bertz CT molecular complexity index is 568. The molecule has 0 spiro atoms. The molecule has 0 radical (unpaired) electrons. The second-order valence-corrected chi connectivity index (χ2v) is 4.81. The fourth-order valence-electron chi connectivity index (χ4n) is 1.21. The van der Waals surface area contributed by atoms with Crippen LogP contribution in [0.1, 0.15) is 10.6 Å². The molecule has 0 aliphatic heterocycles. The maximum atomic E-state index is 11.8. The molecule has 0 aliphatic rings. The van der Waals surface area contributed by atoms with Crippen LogP contribution in [0, 0.1) is 0 Å². The van der Waals surface area contributed by atoms with E-state index in [9.17, 15) is 4.79 Å². The summed E-state index contributed by atoms with van der Waals surface area (Å²) < 4.78 is 5.60. The molecule has 0 atom stereocenters. The van der Waals surface area contributed by atoms with Crippen LogP contribution in [0.5, 0.6) is 0 Å². The summed E-state index contributed by atoms with van der Waals surface area (Å²) in [5.41, 5.74) is 0.441. The monoisotopic (exact) mass is 333 g/mol. The van der Waals surface area contributed by atoms with Gasteiger partial charge in [0.05, 0.1) is 10.7 Å². The quantitative estimate of drug-likeness (QED) is 0.872. The van der Waals surface area contributed by atoms with E-state index in [1.807, 2.05) is 0 Å². The molecule has 0 saturated carbocycles.